The van der Waals surface area contributed by atoms with Crippen molar-refractivity contribution in [3.8, 4) is 0 Å². The van der Waals surface area contributed by atoms with E-state index >= 15 is 0 Å². The van der Waals surface area contributed by atoms with Crippen LogP contribution in [0.25, 0.3) is 0 Å². The number of hydrogen-bond acceptors (Lipinski definition) is 4. The van der Waals surface area contributed by atoms with Gasteiger partial charge in [0, 0.05) is 38.2 Å². The third-order valence-electron chi connectivity index (χ3n) is 6.67. The summed E-state index contributed by atoms with van der Waals surface area (Å²) in [5, 5.41) is 3.08. The molecule has 0 spiro atoms. The molecule has 7 nitrogen and oxygen atoms in total. The summed E-state index contributed by atoms with van der Waals surface area (Å²) in [6.45, 7) is 0.700. The molecule has 2 heterocycles. The zero-order valence-corrected chi connectivity index (χ0v) is 20.9. The van der Waals surface area contributed by atoms with E-state index in [0.717, 1.165) is 36.9 Å². The normalized spacial score (nSPS) is 14.5. The van der Waals surface area contributed by atoms with Gasteiger partial charge in [0.15, 0.2) is 0 Å². The Kier molecular flexibility index (Phi) is 8.66. The van der Waals surface area contributed by atoms with E-state index < -0.39 is 17.2 Å². The summed E-state index contributed by atoms with van der Waals surface area (Å²) in [5.74, 6) is -0.833. The molecule has 0 atom stereocenters. The van der Waals surface area contributed by atoms with Gasteiger partial charge < -0.3 is 14.8 Å². The molecule has 0 aliphatic heterocycles. The maximum atomic E-state index is 13.4. The summed E-state index contributed by atoms with van der Waals surface area (Å²) in [6, 6.07) is 15.2. The van der Waals surface area contributed by atoms with E-state index in [1.807, 2.05) is 48.5 Å². The van der Waals surface area contributed by atoms with Gasteiger partial charge in [-0.1, -0.05) is 68.5 Å². The molecule has 0 saturated heterocycles. The van der Waals surface area contributed by atoms with Crippen LogP contribution in [0.2, 0.25) is 0 Å². The minimum atomic E-state index is -0.541. The molecule has 1 N–H and O–H groups in total. The molecule has 1 saturated carbocycles. The Morgan fingerprint density at radius 1 is 0.944 bits per heavy atom. The highest BCUT2D eigenvalue weighted by Gasteiger charge is 2.24. The van der Waals surface area contributed by atoms with Crippen molar-refractivity contribution < 1.29 is 9.59 Å². The molecule has 1 aromatic carbocycles. The number of pyridine rings is 2. The fourth-order valence-corrected chi connectivity index (χ4v) is 4.71. The molecule has 36 heavy (non-hydrogen) atoms. The highest BCUT2D eigenvalue weighted by Crippen LogP contribution is 2.17. The van der Waals surface area contributed by atoms with Crippen LogP contribution in [0.5, 0.6) is 0 Å². The smallest absolute Gasteiger partial charge is 0.259 e. The van der Waals surface area contributed by atoms with E-state index in [0.29, 0.717) is 13.1 Å². The average Bonchev–Trinajstić information content (AvgIpc) is 2.87. The Morgan fingerprint density at radius 2 is 1.61 bits per heavy atom. The predicted octanol–water partition coefficient (Wildman–Crippen LogP) is 4.41. The minimum Gasteiger partial charge on any atom is -0.349 e. The Labute approximate surface area is 212 Å². The molecule has 188 valence electrons. The van der Waals surface area contributed by atoms with E-state index in [1.54, 1.807) is 24.0 Å². The maximum Gasteiger partial charge on any atom is 0.259 e. The first-order valence-corrected chi connectivity index (χ1v) is 12.8. The van der Waals surface area contributed by atoms with E-state index in [1.165, 1.54) is 30.4 Å². The molecule has 1 aliphatic rings. The lowest BCUT2D eigenvalue weighted by Gasteiger charge is -2.22. The third kappa shape index (κ3) is 6.68. The van der Waals surface area contributed by atoms with Crippen LogP contribution in [0.3, 0.4) is 0 Å². The molecular weight excluding hydrogens is 452 g/mol. The number of aromatic nitrogens is 2. The largest absolute Gasteiger partial charge is 0.349 e. The number of amides is 2. The van der Waals surface area contributed by atoms with Crippen LogP contribution in [0.1, 0.15) is 76.9 Å². The van der Waals surface area contributed by atoms with Crippen molar-refractivity contribution >= 4 is 11.8 Å². The van der Waals surface area contributed by atoms with E-state index in [-0.39, 0.29) is 17.2 Å². The summed E-state index contributed by atoms with van der Waals surface area (Å²) >= 11 is 0. The number of rotatable bonds is 7. The third-order valence-corrected chi connectivity index (χ3v) is 6.67. The Balaban J connectivity index is 1.63. The van der Waals surface area contributed by atoms with Crippen molar-refractivity contribution in [2.45, 2.75) is 64.1 Å². The van der Waals surface area contributed by atoms with Crippen molar-refractivity contribution in [1.82, 2.24) is 19.8 Å². The van der Waals surface area contributed by atoms with Gasteiger partial charge in [-0.15, -0.1) is 0 Å². The molecule has 2 amide bonds. The number of nitrogens with zero attached hydrogens (tertiary/aromatic N) is 3. The average molecular weight is 487 g/mol. The van der Waals surface area contributed by atoms with Gasteiger partial charge in [-0.05, 0) is 30.5 Å². The first kappa shape index (κ1) is 25.4. The van der Waals surface area contributed by atoms with Gasteiger partial charge >= 0.3 is 0 Å². The number of carbonyl (C=O) groups is 2. The van der Waals surface area contributed by atoms with Crippen LogP contribution < -0.4 is 10.7 Å². The first-order valence-electron chi connectivity index (χ1n) is 12.8. The summed E-state index contributed by atoms with van der Waals surface area (Å²) in [7, 11) is 1.67. The topological polar surface area (TPSA) is 84.3 Å². The van der Waals surface area contributed by atoms with Crippen LogP contribution in [-0.4, -0.2) is 39.4 Å². The standard InChI is InChI=1S/C29H34N4O3/c1-32(18-22-12-6-5-7-13-22)29(36)26-21-33(19-24-16-10-11-17-30-24)20-25(27(26)34)28(35)31-23-14-8-3-2-4-9-15-23/h5-7,10-13,16-17,20-21,23H,2-4,8-9,14-15,18-19H2,1H3,(H,31,35). The van der Waals surface area contributed by atoms with Crippen molar-refractivity contribution in [3.63, 3.8) is 0 Å². The molecule has 1 fully saturated rings. The van der Waals surface area contributed by atoms with Gasteiger partial charge in [0.1, 0.15) is 11.1 Å². The van der Waals surface area contributed by atoms with Gasteiger partial charge in [-0.3, -0.25) is 19.4 Å². The highest BCUT2D eigenvalue weighted by molar-refractivity contribution is 5.99. The number of carbonyl (C=O) groups excluding carboxylic acids is 2. The highest BCUT2D eigenvalue weighted by atomic mass is 16.2. The van der Waals surface area contributed by atoms with E-state index in [2.05, 4.69) is 10.3 Å². The number of benzene rings is 1. The molecular formula is C29H34N4O3. The van der Waals surface area contributed by atoms with Gasteiger partial charge in [-0.25, -0.2) is 0 Å². The van der Waals surface area contributed by atoms with Crippen LogP contribution in [0.15, 0.2) is 71.9 Å². The van der Waals surface area contributed by atoms with Gasteiger partial charge in [0.05, 0.1) is 12.2 Å². The van der Waals surface area contributed by atoms with Crippen molar-refractivity contribution in [2.24, 2.45) is 0 Å². The minimum absolute atomic E-state index is 0.00745. The SMILES string of the molecule is CN(Cc1ccccc1)C(=O)c1cn(Cc2ccccn2)cc(C(=O)NC2CCCCCCC2)c1=O. The summed E-state index contributed by atoms with van der Waals surface area (Å²) in [6.07, 6.45) is 12.3. The van der Waals surface area contributed by atoms with Crippen LogP contribution >= 0.6 is 0 Å². The molecule has 3 aromatic rings. The molecule has 0 bridgehead atoms. The van der Waals surface area contributed by atoms with Crippen LogP contribution in [-0.2, 0) is 13.1 Å². The van der Waals surface area contributed by atoms with Gasteiger partial charge in [0.2, 0.25) is 5.43 Å². The second-order valence-corrected chi connectivity index (χ2v) is 9.57. The maximum absolute atomic E-state index is 13.4. The van der Waals surface area contributed by atoms with Crippen molar-refractivity contribution in [3.05, 3.63) is 99.7 Å². The van der Waals surface area contributed by atoms with Gasteiger partial charge in [-0.2, -0.15) is 0 Å². The summed E-state index contributed by atoms with van der Waals surface area (Å²) in [5.41, 5.74) is 1.16. The number of nitrogens with one attached hydrogen (secondary N) is 1. The lowest BCUT2D eigenvalue weighted by atomic mass is 9.96. The Bertz CT molecular complexity index is 1220. The quantitative estimate of drug-likeness (QED) is 0.536. The Hall–Kier alpha value is -3.74. The molecule has 0 unspecified atom stereocenters. The second-order valence-electron chi connectivity index (χ2n) is 9.57. The lowest BCUT2D eigenvalue weighted by Crippen LogP contribution is -2.40. The predicted molar refractivity (Wildman–Crippen MR) is 140 cm³/mol. The fraction of sp³-hybridized carbons (Fsp3) is 0.379. The molecule has 1 aliphatic carbocycles. The van der Waals surface area contributed by atoms with Gasteiger partial charge in [0.25, 0.3) is 11.8 Å². The second kappa shape index (κ2) is 12.3. The number of hydrogen-bond donors (Lipinski definition) is 1. The van der Waals surface area contributed by atoms with Crippen LogP contribution in [0, 0.1) is 0 Å². The van der Waals surface area contributed by atoms with E-state index in [9.17, 15) is 14.4 Å². The lowest BCUT2D eigenvalue weighted by molar-refractivity contribution is 0.0783. The summed E-state index contributed by atoms with van der Waals surface area (Å²) < 4.78 is 1.71. The van der Waals surface area contributed by atoms with Crippen LogP contribution in [0.4, 0.5) is 0 Å². The molecule has 7 heteroatoms. The fourth-order valence-electron chi connectivity index (χ4n) is 4.71. The zero-order chi connectivity index (χ0) is 25.3. The zero-order valence-electron chi connectivity index (χ0n) is 20.9. The summed E-state index contributed by atoms with van der Waals surface area (Å²) in [4.78, 5) is 46.0. The van der Waals surface area contributed by atoms with Crippen molar-refractivity contribution in [1.29, 1.82) is 0 Å². The monoisotopic (exact) mass is 486 g/mol. The van der Waals surface area contributed by atoms with Crippen molar-refractivity contribution in [2.75, 3.05) is 7.05 Å². The molecule has 0 radical (unpaired) electrons. The first-order chi connectivity index (χ1) is 17.5. The Morgan fingerprint density at radius 3 is 2.31 bits per heavy atom. The molecule has 4 rings (SSSR count). The van der Waals surface area contributed by atoms with E-state index in [4.69, 9.17) is 0 Å². The molecule has 2 aromatic heterocycles.